The van der Waals surface area contributed by atoms with E-state index in [-0.39, 0.29) is 5.75 Å². The minimum Gasteiger partial charge on any atom is -0.495 e. The lowest BCUT2D eigenvalue weighted by atomic mass is 10.2. The molecule has 1 aromatic rings. The molecule has 1 aliphatic heterocycles. The number of hydrogen-bond acceptors (Lipinski definition) is 4. The number of anilines is 1. The van der Waals surface area contributed by atoms with Gasteiger partial charge in [-0.25, -0.2) is 8.42 Å². The average molecular weight is 270 g/mol. The highest BCUT2D eigenvalue weighted by atomic mass is 32.2. The van der Waals surface area contributed by atoms with E-state index in [2.05, 4.69) is 0 Å². The van der Waals surface area contributed by atoms with Crippen LogP contribution in [0.4, 0.5) is 5.69 Å². The van der Waals surface area contributed by atoms with Crippen molar-refractivity contribution in [3.63, 3.8) is 0 Å². The van der Waals surface area contributed by atoms with Crippen LogP contribution in [0.2, 0.25) is 0 Å². The van der Waals surface area contributed by atoms with Crippen molar-refractivity contribution in [3.05, 3.63) is 23.8 Å². The Hall–Kier alpha value is -1.27. The molecule has 0 aliphatic carbocycles. The van der Waals surface area contributed by atoms with E-state index in [0.29, 0.717) is 24.5 Å². The normalized spacial score (nSPS) is 19.6. The van der Waals surface area contributed by atoms with Crippen LogP contribution in [0.15, 0.2) is 18.2 Å². The molecule has 0 radical (unpaired) electrons. The molecule has 1 aliphatic rings. The molecule has 1 heterocycles. The van der Waals surface area contributed by atoms with Crippen molar-refractivity contribution in [3.8, 4) is 5.75 Å². The van der Waals surface area contributed by atoms with E-state index in [1.807, 2.05) is 6.07 Å². The quantitative estimate of drug-likeness (QED) is 0.838. The van der Waals surface area contributed by atoms with Gasteiger partial charge in [-0.3, -0.25) is 0 Å². The first kappa shape index (κ1) is 13.2. The van der Waals surface area contributed by atoms with Crippen molar-refractivity contribution < 1.29 is 13.2 Å². The van der Waals surface area contributed by atoms with Gasteiger partial charge in [0.1, 0.15) is 5.75 Å². The maximum absolute atomic E-state index is 11.9. The number of rotatable bonds is 3. The van der Waals surface area contributed by atoms with Crippen LogP contribution >= 0.6 is 0 Å². The smallest absolute Gasteiger partial charge is 0.214 e. The Morgan fingerprint density at radius 2 is 2.17 bits per heavy atom. The van der Waals surface area contributed by atoms with Gasteiger partial charge in [0.05, 0.1) is 18.6 Å². The fourth-order valence-electron chi connectivity index (χ4n) is 2.10. The molecule has 5 nitrogen and oxygen atoms in total. The molecule has 0 spiro atoms. The molecule has 0 bridgehead atoms. The van der Waals surface area contributed by atoms with Crippen LogP contribution in [-0.4, -0.2) is 32.1 Å². The molecule has 1 aromatic carbocycles. The predicted octanol–water partition coefficient (Wildman–Crippen LogP) is 1.20. The topological polar surface area (TPSA) is 72.6 Å². The Balaban J connectivity index is 2.16. The van der Waals surface area contributed by atoms with Gasteiger partial charge in [0.15, 0.2) is 0 Å². The molecule has 6 heteroatoms. The first-order valence-electron chi connectivity index (χ1n) is 5.93. The summed E-state index contributed by atoms with van der Waals surface area (Å²) in [6, 6.07) is 5.38. The number of nitrogen functional groups attached to an aromatic ring is 1. The zero-order valence-corrected chi connectivity index (χ0v) is 11.2. The molecule has 2 rings (SSSR count). The van der Waals surface area contributed by atoms with Crippen LogP contribution in [-0.2, 0) is 16.6 Å². The first-order chi connectivity index (χ1) is 8.53. The van der Waals surface area contributed by atoms with Crippen molar-refractivity contribution in [1.82, 2.24) is 4.31 Å². The zero-order chi connectivity index (χ0) is 13.2. The number of benzene rings is 1. The number of hydrogen-bond donors (Lipinski definition) is 1. The molecule has 1 fully saturated rings. The second-order valence-electron chi connectivity index (χ2n) is 4.43. The maximum Gasteiger partial charge on any atom is 0.214 e. The standard InChI is InChI=1S/C12H18N2O3S/c1-17-12-5-4-10(8-11(12)13)9-14-6-2-3-7-18(14,15)16/h4-5,8H,2-3,6-7,9,13H2,1H3. The number of sulfonamides is 1. The van der Waals surface area contributed by atoms with Gasteiger partial charge in [0.2, 0.25) is 10.0 Å². The van der Waals surface area contributed by atoms with E-state index in [0.717, 1.165) is 18.4 Å². The fourth-order valence-corrected chi connectivity index (χ4v) is 3.68. The van der Waals surface area contributed by atoms with E-state index in [1.54, 1.807) is 19.2 Å². The fraction of sp³-hybridized carbons (Fsp3) is 0.500. The lowest BCUT2D eigenvalue weighted by Gasteiger charge is -2.26. The minimum absolute atomic E-state index is 0.249. The summed E-state index contributed by atoms with van der Waals surface area (Å²) in [6.45, 7) is 0.977. The van der Waals surface area contributed by atoms with Gasteiger partial charge < -0.3 is 10.5 Å². The van der Waals surface area contributed by atoms with Gasteiger partial charge in [-0.1, -0.05) is 6.07 Å². The highest BCUT2D eigenvalue weighted by Crippen LogP contribution is 2.24. The molecule has 0 unspecified atom stereocenters. The molecule has 1 saturated heterocycles. The molecule has 0 aromatic heterocycles. The number of nitrogens with two attached hydrogens (primary N) is 1. The van der Waals surface area contributed by atoms with E-state index in [4.69, 9.17) is 10.5 Å². The monoisotopic (exact) mass is 270 g/mol. The summed E-state index contributed by atoms with van der Waals surface area (Å²) in [7, 11) is -1.53. The lowest BCUT2D eigenvalue weighted by molar-refractivity contribution is 0.378. The summed E-state index contributed by atoms with van der Waals surface area (Å²) < 4.78 is 30.3. The van der Waals surface area contributed by atoms with Crippen LogP contribution in [0.5, 0.6) is 5.75 Å². The van der Waals surface area contributed by atoms with Crippen LogP contribution in [0.1, 0.15) is 18.4 Å². The average Bonchev–Trinajstić information content (AvgIpc) is 2.32. The van der Waals surface area contributed by atoms with Crippen LogP contribution < -0.4 is 10.5 Å². The highest BCUT2D eigenvalue weighted by Gasteiger charge is 2.25. The minimum atomic E-state index is -3.09. The van der Waals surface area contributed by atoms with Crippen LogP contribution in [0, 0.1) is 0 Å². The zero-order valence-electron chi connectivity index (χ0n) is 10.4. The molecule has 2 N–H and O–H groups in total. The SMILES string of the molecule is COc1ccc(CN2CCCCS2(=O)=O)cc1N. The summed E-state index contributed by atoms with van der Waals surface area (Å²) in [6.07, 6.45) is 1.68. The second-order valence-corrected chi connectivity index (χ2v) is 6.52. The molecule has 0 saturated carbocycles. The third-order valence-corrected chi connectivity index (χ3v) is 5.01. The lowest BCUT2D eigenvalue weighted by Crippen LogP contribution is -2.37. The summed E-state index contributed by atoms with van der Waals surface area (Å²) in [5.41, 5.74) is 7.23. The maximum atomic E-state index is 11.9. The van der Waals surface area contributed by atoms with Gasteiger partial charge in [0, 0.05) is 13.1 Å². The molecular formula is C12H18N2O3S. The van der Waals surface area contributed by atoms with Crippen molar-refractivity contribution in [2.45, 2.75) is 19.4 Å². The number of methoxy groups -OCH3 is 1. The Labute approximate surface area is 108 Å². The summed E-state index contributed by atoms with van der Waals surface area (Å²) >= 11 is 0. The number of ether oxygens (including phenoxy) is 1. The molecule has 0 atom stereocenters. The predicted molar refractivity (Wildman–Crippen MR) is 70.8 cm³/mol. The molecule has 18 heavy (non-hydrogen) atoms. The Bertz CT molecular complexity index is 528. The number of nitrogens with zero attached hydrogens (tertiary/aromatic N) is 1. The van der Waals surface area contributed by atoms with Crippen molar-refractivity contribution >= 4 is 15.7 Å². The van der Waals surface area contributed by atoms with Crippen LogP contribution in [0.3, 0.4) is 0 Å². The molecule has 0 amide bonds. The Morgan fingerprint density at radius 1 is 1.39 bits per heavy atom. The summed E-state index contributed by atoms with van der Waals surface area (Å²) in [4.78, 5) is 0. The Kier molecular flexibility index (Phi) is 3.77. The summed E-state index contributed by atoms with van der Waals surface area (Å²) in [5, 5.41) is 0. The first-order valence-corrected chi connectivity index (χ1v) is 7.54. The van der Waals surface area contributed by atoms with Gasteiger partial charge >= 0.3 is 0 Å². The van der Waals surface area contributed by atoms with Crippen molar-refractivity contribution in [1.29, 1.82) is 0 Å². The van der Waals surface area contributed by atoms with E-state index in [1.165, 1.54) is 4.31 Å². The van der Waals surface area contributed by atoms with Crippen molar-refractivity contribution in [2.75, 3.05) is 25.1 Å². The van der Waals surface area contributed by atoms with Gasteiger partial charge in [-0.15, -0.1) is 0 Å². The van der Waals surface area contributed by atoms with Crippen molar-refractivity contribution in [2.24, 2.45) is 0 Å². The third-order valence-electron chi connectivity index (χ3n) is 3.11. The summed E-state index contributed by atoms with van der Waals surface area (Å²) in [5.74, 6) is 0.860. The van der Waals surface area contributed by atoms with Gasteiger partial charge in [-0.2, -0.15) is 4.31 Å². The third kappa shape index (κ3) is 2.76. The Morgan fingerprint density at radius 3 is 2.78 bits per heavy atom. The van der Waals surface area contributed by atoms with E-state index in [9.17, 15) is 8.42 Å². The molecular weight excluding hydrogens is 252 g/mol. The largest absolute Gasteiger partial charge is 0.495 e. The van der Waals surface area contributed by atoms with Gasteiger partial charge in [0.25, 0.3) is 0 Å². The van der Waals surface area contributed by atoms with E-state index >= 15 is 0 Å². The van der Waals surface area contributed by atoms with E-state index < -0.39 is 10.0 Å². The highest BCUT2D eigenvalue weighted by molar-refractivity contribution is 7.89. The van der Waals surface area contributed by atoms with Crippen LogP contribution in [0.25, 0.3) is 0 Å². The van der Waals surface area contributed by atoms with Gasteiger partial charge in [-0.05, 0) is 30.5 Å². The molecule has 100 valence electrons. The second kappa shape index (κ2) is 5.16.